The largest absolute Gasteiger partial charge is 0.456 e. The van der Waals surface area contributed by atoms with Crippen molar-refractivity contribution in [1.29, 1.82) is 0 Å². The lowest BCUT2D eigenvalue weighted by molar-refractivity contribution is 0.0632. The Morgan fingerprint density at radius 2 is 1.65 bits per heavy atom. The molecule has 0 bridgehead atoms. The number of hydrogen-bond donors (Lipinski definition) is 1. The van der Waals surface area contributed by atoms with Crippen LogP contribution in [0.15, 0.2) is 34.9 Å². The minimum absolute atomic E-state index is 0.113. The van der Waals surface area contributed by atoms with Crippen molar-refractivity contribution in [3.8, 4) is 0 Å². The maximum absolute atomic E-state index is 12.5. The summed E-state index contributed by atoms with van der Waals surface area (Å²) in [6, 6.07) is 7.45. The average Bonchev–Trinajstić information content (AvgIpc) is 3.06. The summed E-state index contributed by atoms with van der Waals surface area (Å²) in [4.78, 5) is 35.4. The number of nitrogens with one attached hydrogen (secondary N) is 1. The quantitative estimate of drug-likeness (QED) is 0.814. The third kappa shape index (κ3) is 5.37. The SMILES string of the molecule is Cc1ccc(C(=O)N2CCN(C(=O)NCc3ccc(N4CCCCCC4)nc3)CC2)o1. The molecule has 4 rings (SSSR count). The molecule has 4 heterocycles. The summed E-state index contributed by atoms with van der Waals surface area (Å²) in [6.45, 7) is 6.39. The number of amides is 3. The lowest BCUT2D eigenvalue weighted by Gasteiger charge is -2.34. The van der Waals surface area contributed by atoms with Crippen LogP contribution in [0.25, 0.3) is 0 Å². The summed E-state index contributed by atoms with van der Waals surface area (Å²) in [5, 5.41) is 2.97. The molecule has 2 saturated heterocycles. The van der Waals surface area contributed by atoms with Crippen LogP contribution in [0.1, 0.15) is 47.6 Å². The van der Waals surface area contributed by atoms with Gasteiger partial charge in [0, 0.05) is 52.0 Å². The molecule has 2 aromatic rings. The second-order valence-electron chi connectivity index (χ2n) is 8.27. The molecule has 1 N–H and O–H groups in total. The molecule has 0 radical (unpaired) electrons. The second kappa shape index (κ2) is 9.85. The van der Waals surface area contributed by atoms with Crippen LogP contribution in [0, 0.1) is 6.92 Å². The second-order valence-corrected chi connectivity index (χ2v) is 8.27. The molecule has 0 aromatic carbocycles. The number of nitrogens with zero attached hydrogens (tertiary/aromatic N) is 4. The van der Waals surface area contributed by atoms with E-state index < -0.39 is 0 Å². The fourth-order valence-electron chi connectivity index (χ4n) is 4.12. The maximum atomic E-state index is 12.5. The van der Waals surface area contributed by atoms with Gasteiger partial charge >= 0.3 is 6.03 Å². The fraction of sp³-hybridized carbons (Fsp3) is 0.522. The van der Waals surface area contributed by atoms with Gasteiger partial charge in [0.1, 0.15) is 11.6 Å². The highest BCUT2D eigenvalue weighted by atomic mass is 16.3. The van der Waals surface area contributed by atoms with Crippen LogP contribution in [-0.4, -0.2) is 66.0 Å². The van der Waals surface area contributed by atoms with Gasteiger partial charge < -0.3 is 24.4 Å². The lowest BCUT2D eigenvalue weighted by atomic mass is 10.2. The molecule has 0 spiro atoms. The fourth-order valence-corrected chi connectivity index (χ4v) is 4.12. The maximum Gasteiger partial charge on any atom is 0.317 e. The molecule has 0 aliphatic carbocycles. The Kier molecular flexibility index (Phi) is 6.74. The van der Waals surface area contributed by atoms with Crippen LogP contribution in [0.5, 0.6) is 0 Å². The van der Waals surface area contributed by atoms with E-state index in [4.69, 9.17) is 4.42 Å². The molecule has 166 valence electrons. The summed E-state index contributed by atoms with van der Waals surface area (Å²) < 4.78 is 5.42. The molecule has 2 aliphatic heterocycles. The van der Waals surface area contributed by atoms with E-state index >= 15 is 0 Å². The first kappa shape index (κ1) is 21.2. The first-order valence-electron chi connectivity index (χ1n) is 11.2. The van der Waals surface area contributed by atoms with Crippen LogP contribution < -0.4 is 10.2 Å². The summed E-state index contributed by atoms with van der Waals surface area (Å²) in [7, 11) is 0. The van der Waals surface area contributed by atoms with Gasteiger partial charge in [-0.3, -0.25) is 4.79 Å². The number of carbonyl (C=O) groups excluding carboxylic acids is 2. The van der Waals surface area contributed by atoms with Gasteiger partial charge in [-0.1, -0.05) is 18.9 Å². The van der Waals surface area contributed by atoms with Gasteiger partial charge in [-0.15, -0.1) is 0 Å². The number of piperazine rings is 1. The molecule has 2 aliphatic rings. The van der Waals surface area contributed by atoms with E-state index in [1.807, 2.05) is 25.3 Å². The Morgan fingerprint density at radius 1 is 0.935 bits per heavy atom. The number of pyridine rings is 1. The van der Waals surface area contributed by atoms with Crippen molar-refractivity contribution in [2.24, 2.45) is 0 Å². The van der Waals surface area contributed by atoms with Crippen molar-refractivity contribution in [1.82, 2.24) is 20.1 Å². The molecule has 0 atom stereocenters. The Balaban J connectivity index is 1.22. The molecule has 8 heteroatoms. The van der Waals surface area contributed by atoms with Crippen molar-refractivity contribution in [3.63, 3.8) is 0 Å². The van der Waals surface area contributed by atoms with E-state index in [2.05, 4.69) is 15.2 Å². The van der Waals surface area contributed by atoms with Gasteiger partial charge in [0.05, 0.1) is 0 Å². The number of carbonyl (C=O) groups is 2. The monoisotopic (exact) mass is 425 g/mol. The van der Waals surface area contributed by atoms with E-state index in [1.165, 1.54) is 25.7 Å². The van der Waals surface area contributed by atoms with Crippen molar-refractivity contribution in [2.75, 3.05) is 44.2 Å². The number of furan rings is 1. The number of urea groups is 1. The van der Waals surface area contributed by atoms with Crippen molar-refractivity contribution < 1.29 is 14.0 Å². The summed E-state index contributed by atoms with van der Waals surface area (Å²) in [6.07, 6.45) is 6.89. The van der Waals surface area contributed by atoms with E-state index in [-0.39, 0.29) is 11.9 Å². The van der Waals surface area contributed by atoms with Crippen LogP contribution >= 0.6 is 0 Å². The minimum atomic E-state index is -0.122. The zero-order chi connectivity index (χ0) is 21.6. The lowest BCUT2D eigenvalue weighted by Crippen LogP contribution is -2.53. The van der Waals surface area contributed by atoms with Crippen LogP contribution in [0.4, 0.5) is 10.6 Å². The topological polar surface area (TPSA) is 81.9 Å². The van der Waals surface area contributed by atoms with Gasteiger partial charge in [-0.25, -0.2) is 9.78 Å². The standard InChI is InChI=1S/C23H31N5O3/c1-18-6-8-20(31-18)22(29)27-12-14-28(15-13-27)23(30)25-17-19-7-9-21(24-16-19)26-10-4-2-3-5-11-26/h6-9,16H,2-5,10-15,17H2,1H3,(H,25,30). The zero-order valence-corrected chi connectivity index (χ0v) is 18.2. The van der Waals surface area contributed by atoms with Crippen LogP contribution in [0.3, 0.4) is 0 Å². The van der Waals surface area contributed by atoms with Crippen molar-refractivity contribution >= 4 is 17.8 Å². The van der Waals surface area contributed by atoms with Gasteiger partial charge in [-0.2, -0.15) is 0 Å². The van der Waals surface area contributed by atoms with E-state index in [9.17, 15) is 9.59 Å². The van der Waals surface area contributed by atoms with Gasteiger partial charge in [-0.05, 0) is 43.5 Å². The zero-order valence-electron chi connectivity index (χ0n) is 18.2. The average molecular weight is 426 g/mol. The summed E-state index contributed by atoms with van der Waals surface area (Å²) in [5.41, 5.74) is 0.980. The number of hydrogen-bond acceptors (Lipinski definition) is 5. The highest BCUT2D eigenvalue weighted by Crippen LogP contribution is 2.17. The third-order valence-electron chi connectivity index (χ3n) is 5.99. The van der Waals surface area contributed by atoms with E-state index in [0.717, 1.165) is 30.2 Å². The smallest absolute Gasteiger partial charge is 0.317 e. The molecular weight excluding hydrogens is 394 g/mol. The summed E-state index contributed by atoms with van der Waals surface area (Å²) >= 11 is 0. The Morgan fingerprint density at radius 3 is 2.26 bits per heavy atom. The third-order valence-corrected chi connectivity index (χ3v) is 5.99. The Bertz CT molecular complexity index is 879. The highest BCUT2D eigenvalue weighted by molar-refractivity contribution is 5.91. The van der Waals surface area contributed by atoms with E-state index in [1.54, 1.807) is 21.9 Å². The number of aromatic nitrogens is 1. The number of aryl methyl sites for hydroxylation is 1. The molecule has 31 heavy (non-hydrogen) atoms. The molecule has 0 unspecified atom stereocenters. The Labute approximate surface area is 183 Å². The molecule has 2 fully saturated rings. The minimum Gasteiger partial charge on any atom is -0.456 e. The molecule has 0 saturated carbocycles. The van der Waals surface area contributed by atoms with Gasteiger partial charge in [0.15, 0.2) is 5.76 Å². The van der Waals surface area contributed by atoms with Crippen molar-refractivity contribution in [3.05, 3.63) is 47.5 Å². The van der Waals surface area contributed by atoms with Gasteiger partial charge in [0.2, 0.25) is 0 Å². The van der Waals surface area contributed by atoms with Crippen molar-refractivity contribution in [2.45, 2.75) is 39.2 Å². The predicted molar refractivity (Wildman–Crippen MR) is 118 cm³/mol. The van der Waals surface area contributed by atoms with Crippen LogP contribution in [0.2, 0.25) is 0 Å². The van der Waals surface area contributed by atoms with Crippen LogP contribution in [-0.2, 0) is 6.54 Å². The first-order chi connectivity index (χ1) is 15.1. The number of anilines is 1. The summed E-state index contributed by atoms with van der Waals surface area (Å²) in [5.74, 6) is 1.97. The normalized spacial score (nSPS) is 17.4. The molecule has 8 nitrogen and oxygen atoms in total. The molecular formula is C23H31N5O3. The number of rotatable bonds is 4. The predicted octanol–water partition coefficient (Wildman–Crippen LogP) is 3.03. The highest BCUT2D eigenvalue weighted by Gasteiger charge is 2.26. The van der Waals surface area contributed by atoms with Gasteiger partial charge in [0.25, 0.3) is 5.91 Å². The molecule has 3 amide bonds. The molecule has 2 aromatic heterocycles. The Hall–Kier alpha value is -3.03. The first-order valence-corrected chi connectivity index (χ1v) is 11.2. The van der Waals surface area contributed by atoms with E-state index in [0.29, 0.717) is 38.5 Å².